The number of hydrogen-bond donors (Lipinski definition) is 2. The number of nitrogens with zero attached hydrogens (tertiary/aromatic N) is 5. The van der Waals surface area contributed by atoms with Gasteiger partial charge in [0.15, 0.2) is 5.65 Å². The molecular formula is C16H15N7. The Kier molecular flexibility index (Phi) is 3.44. The minimum atomic E-state index is 0.580. The van der Waals surface area contributed by atoms with Gasteiger partial charge in [-0.1, -0.05) is 30.3 Å². The molecule has 7 nitrogen and oxygen atoms in total. The highest BCUT2D eigenvalue weighted by atomic mass is 15.2. The molecule has 7 heteroatoms. The summed E-state index contributed by atoms with van der Waals surface area (Å²) in [4.78, 5) is 12.8. The number of anilines is 1. The van der Waals surface area contributed by atoms with Crippen LogP contribution in [0.2, 0.25) is 0 Å². The van der Waals surface area contributed by atoms with E-state index in [1.165, 1.54) is 11.9 Å². The van der Waals surface area contributed by atoms with Crippen LogP contribution < -0.4 is 5.32 Å². The van der Waals surface area contributed by atoms with Gasteiger partial charge in [0.25, 0.3) is 0 Å². The first-order chi connectivity index (χ1) is 11.4. The lowest BCUT2D eigenvalue weighted by Crippen LogP contribution is -2.10. The number of rotatable bonds is 5. The summed E-state index contributed by atoms with van der Waals surface area (Å²) in [5, 5.41) is 11.0. The van der Waals surface area contributed by atoms with Gasteiger partial charge >= 0.3 is 0 Å². The fraction of sp³-hybridized carbons (Fsp3) is 0.125. The summed E-state index contributed by atoms with van der Waals surface area (Å²) in [7, 11) is 0. The third-order valence-electron chi connectivity index (χ3n) is 3.66. The maximum absolute atomic E-state index is 4.43. The number of nitrogens with one attached hydrogen (secondary N) is 2. The van der Waals surface area contributed by atoms with Gasteiger partial charge in [-0.25, -0.2) is 15.0 Å². The molecule has 114 valence electrons. The average molecular weight is 305 g/mol. The Morgan fingerprint density at radius 1 is 1.09 bits per heavy atom. The third kappa shape index (κ3) is 2.76. The fourth-order valence-corrected chi connectivity index (χ4v) is 2.50. The molecule has 3 heterocycles. The van der Waals surface area contributed by atoms with Gasteiger partial charge in [0.05, 0.1) is 18.1 Å². The molecule has 0 atom stereocenters. The topological polar surface area (TPSA) is 84.3 Å². The summed E-state index contributed by atoms with van der Waals surface area (Å²) < 4.78 is 2.12. The summed E-state index contributed by atoms with van der Waals surface area (Å²) in [5.74, 6) is 1.70. The summed E-state index contributed by atoms with van der Waals surface area (Å²) in [6, 6.07) is 10.3. The Bertz CT molecular complexity index is 910. The molecule has 0 fully saturated rings. The van der Waals surface area contributed by atoms with Gasteiger partial charge in [-0.3, -0.25) is 5.10 Å². The normalized spacial score (nSPS) is 11.0. The van der Waals surface area contributed by atoms with E-state index in [1.807, 2.05) is 30.6 Å². The number of aromatic amines is 1. The van der Waals surface area contributed by atoms with Gasteiger partial charge in [0, 0.05) is 18.9 Å². The number of aromatic nitrogens is 6. The van der Waals surface area contributed by atoms with Crippen LogP contribution in [0.25, 0.3) is 11.0 Å². The van der Waals surface area contributed by atoms with E-state index in [4.69, 9.17) is 0 Å². The lowest BCUT2D eigenvalue weighted by molar-refractivity contribution is 0.734. The Morgan fingerprint density at radius 3 is 2.91 bits per heavy atom. The molecule has 2 N–H and O–H groups in total. The SMILES string of the molecule is c1ccc(Cn2ccnc2CNc2ncnc3[nH]ncc23)cc1. The van der Waals surface area contributed by atoms with Crippen LogP contribution in [0.1, 0.15) is 11.4 Å². The Morgan fingerprint density at radius 2 is 2.00 bits per heavy atom. The summed E-state index contributed by atoms with van der Waals surface area (Å²) in [5.41, 5.74) is 1.96. The number of hydrogen-bond acceptors (Lipinski definition) is 5. The molecule has 0 aliphatic rings. The zero-order chi connectivity index (χ0) is 15.5. The van der Waals surface area contributed by atoms with E-state index in [2.05, 4.69) is 47.2 Å². The highest BCUT2D eigenvalue weighted by Crippen LogP contribution is 2.16. The second-order valence-corrected chi connectivity index (χ2v) is 5.17. The molecule has 0 aliphatic heterocycles. The Labute approximate surface area is 132 Å². The monoisotopic (exact) mass is 305 g/mol. The number of fused-ring (bicyclic) bond motifs is 1. The number of imidazole rings is 1. The highest BCUT2D eigenvalue weighted by Gasteiger charge is 2.07. The van der Waals surface area contributed by atoms with E-state index in [1.54, 1.807) is 6.20 Å². The second kappa shape index (κ2) is 5.88. The molecule has 0 bridgehead atoms. The smallest absolute Gasteiger partial charge is 0.160 e. The molecule has 0 saturated heterocycles. The van der Waals surface area contributed by atoms with Crippen molar-refractivity contribution in [2.45, 2.75) is 13.1 Å². The van der Waals surface area contributed by atoms with Gasteiger partial charge in [-0.05, 0) is 5.56 Å². The van der Waals surface area contributed by atoms with Crippen LogP contribution in [0, 0.1) is 0 Å². The molecule has 1 aromatic carbocycles. The Hall–Kier alpha value is -3.22. The number of benzene rings is 1. The highest BCUT2D eigenvalue weighted by molar-refractivity contribution is 5.85. The van der Waals surface area contributed by atoms with E-state index in [0.29, 0.717) is 6.54 Å². The second-order valence-electron chi connectivity index (χ2n) is 5.17. The minimum Gasteiger partial charge on any atom is -0.362 e. The van der Waals surface area contributed by atoms with Crippen LogP contribution in [-0.2, 0) is 13.1 Å². The molecule has 0 unspecified atom stereocenters. The maximum Gasteiger partial charge on any atom is 0.160 e. The molecule has 0 aliphatic carbocycles. The summed E-state index contributed by atoms with van der Waals surface area (Å²) in [6.07, 6.45) is 7.03. The van der Waals surface area contributed by atoms with Gasteiger partial charge in [0.2, 0.25) is 0 Å². The van der Waals surface area contributed by atoms with Crippen molar-refractivity contribution in [3.8, 4) is 0 Å². The predicted octanol–water partition coefficient (Wildman–Crippen LogP) is 2.21. The predicted molar refractivity (Wildman–Crippen MR) is 86.8 cm³/mol. The third-order valence-corrected chi connectivity index (χ3v) is 3.66. The molecule has 0 radical (unpaired) electrons. The quantitative estimate of drug-likeness (QED) is 0.590. The summed E-state index contributed by atoms with van der Waals surface area (Å²) in [6.45, 7) is 1.37. The van der Waals surface area contributed by atoms with E-state index in [-0.39, 0.29) is 0 Å². The molecule has 4 aromatic rings. The molecule has 0 spiro atoms. The van der Waals surface area contributed by atoms with Crippen LogP contribution in [-0.4, -0.2) is 29.7 Å². The van der Waals surface area contributed by atoms with Crippen LogP contribution in [0.4, 0.5) is 5.82 Å². The standard InChI is InChI=1S/C16H15N7/c1-2-4-12(5-3-1)10-23-7-6-17-14(23)9-18-15-13-8-21-22-16(13)20-11-19-15/h1-8,11H,9-10H2,(H2,18,19,20,21,22). The van der Waals surface area contributed by atoms with Crippen LogP contribution in [0.5, 0.6) is 0 Å². The van der Waals surface area contributed by atoms with Crippen molar-refractivity contribution in [1.29, 1.82) is 0 Å². The zero-order valence-corrected chi connectivity index (χ0v) is 12.3. The molecule has 4 rings (SSSR count). The summed E-state index contributed by atoms with van der Waals surface area (Å²) >= 11 is 0. The zero-order valence-electron chi connectivity index (χ0n) is 12.3. The van der Waals surface area contributed by atoms with E-state index >= 15 is 0 Å². The van der Waals surface area contributed by atoms with Gasteiger partial charge < -0.3 is 9.88 Å². The molecule has 0 saturated carbocycles. The molecular weight excluding hydrogens is 290 g/mol. The van der Waals surface area contributed by atoms with Gasteiger partial charge in [-0.2, -0.15) is 5.10 Å². The van der Waals surface area contributed by atoms with Crippen LogP contribution in [0.3, 0.4) is 0 Å². The molecule has 23 heavy (non-hydrogen) atoms. The van der Waals surface area contributed by atoms with Crippen molar-refractivity contribution >= 4 is 16.9 Å². The fourth-order valence-electron chi connectivity index (χ4n) is 2.50. The van der Waals surface area contributed by atoms with Crippen molar-refractivity contribution < 1.29 is 0 Å². The van der Waals surface area contributed by atoms with Crippen molar-refractivity contribution in [1.82, 2.24) is 29.7 Å². The molecule has 3 aromatic heterocycles. The minimum absolute atomic E-state index is 0.580. The van der Waals surface area contributed by atoms with Gasteiger partial charge in [-0.15, -0.1) is 0 Å². The van der Waals surface area contributed by atoms with Crippen LogP contribution >= 0.6 is 0 Å². The van der Waals surface area contributed by atoms with Crippen molar-refractivity contribution in [3.05, 3.63) is 66.6 Å². The van der Waals surface area contributed by atoms with Gasteiger partial charge in [0.1, 0.15) is 18.0 Å². The average Bonchev–Trinajstić information content (AvgIpc) is 3.23. The van der Waals surface area contributed by atoms with Crippen molar-refractivity contribution in [2.24, 2.45) is 0 Å². The largest absolute Gasteiger partial charge is 0.362 e. The lowest BCUT2D eigenvalue weighted by Gasteiger charge is -2.09. The maximum atomic E-state index is 4.43. The lowest BCUT2D eigenvalue weighted by atomic mass is 10.2. The Balaban J connectivity index is 1.52. The van der Waals surface area contributed by atoms with E-state index in [0.717, 1.165) is 29.2 Å². The van der Waals surface area contributed by atoms with Crippen LogP contribution in [0.15, 0.2) is 55.2 Å². The van der Waals surface area contributed by atoms with Crippen molar-refractivity contribution in [3.63, 3.8) is 0 Å². The first-order valence-electron chi connectivity index (χ1n) is 7.32. The first-order valence-corrected chi connectivity index (χ1v) is 7.32. The van der Waals surface area contributed by atoms with E-state index in [9.17, 15) is 0 Å². The number of H-pyrrole nitrogens is 1. The van der Waals surface area contributed by atoms with Crippen molar-refractivity contribution in [2.75, 3.05) is 5.32 Å². The van der Waals surface area contributed by atoms with E-state index < -0.39 is 0 Å². The molecule has 0 amide bonds. The first kappa shape index (κ1) is 13.4.